The van der Waals surface area contributed by atoms with Gasteiger partial charge in [-0.2, -0.15) is 4.31 Å². The monoisotopic (exact) mass is 391 g/mol. The van der Waals surface area contributed by atoms with Crippen molar-refractivity contribution >= 4 is 16.0 Å². The summed E-state index contributed by atoms with van der Waals surface area (Å²) in [4.78, 5) is 12.4. The lowest BCUT2D eigenvalue weighted by Gasteiger charge is -2.32. The Labute approximate surface area is 158 Å². The van der Waals surface area contributed by atoms with Gasteiger partial charge in [-0.25, -0.2) is 17.6 Å². The van der Waals surface area contributed by atoms with Crippen LogP contribution in [-0.2, 0) is 21.4 Å². The SMILES string of the molecule is C[C@H]1CCCCN1S(=O)(=O)c1cccc(C(=O)OCc2cccc(F)c2)c1. The van der Waals surface area contributed by atoms with Crippen molar-refractivity contribution in [2.45, 2.75) is 43.7 Å². The number of nitrogens with zero attached hydrogens (tertiary/aromatic N) is 1. The van der Waals surface area contributed by atoms with Crippen LogP contribution in [0.4, 0.5) is 4.39 Å². The molecule has 144 valence electrons. The number of rotatable bonds is 5. The highest BCUT2D eigenvalue weighted by molar-refractivity contribution is 7.89. The van der Waals surface area contributed by atoms with Crippen LogP contribution in [0.2, 0.25) is 0 Å². The molecule has 3 rings (SSSR count). The molecular weight excluding hydrogens is 369 g/mol. The van der Waals surface area contributed by atoms with Crippen LogP contribution in [0.25, 0.3) is 0 Å². The minimum atomic E-state index is -3.66. The zero-order valence-corrected chi connectivity index (χ0v) is 15.9. The fraction of sp³-hybridized carbons (Fsp3) is 0.350. The fourth-order valence-corrected chi connectivity index (χ4v) is 4.95. The molecule has 0 radical (unpaired) electrons. The molecule has 0 unspecified atom stereocenters. The van der Waals surface area contributed by atoms with E-state index in [1.807, 2.05) is 6.92 Å². The van der Waals surface area contributed by atoms with Crippen molar-refractivity contribution in [1.82, 2.24) is 4.31 Å². The first-order valence-electron chi connectivity index (χ1n) is 8.91. The van der Waals surface area contributed by atoms with Crippen molar-refractivity contribution in [2.75, 3.05) is 6.54 Å². The van der Waals surface area contributed by atoms with E-state index in [4.69, 9.17) is 4.74 Å². The number of benzene rings is 2. The first-order valence-corrected chi connectivity index (χ1v) is 10.4. The van der Waals surface area contributed by atoms with E-state index < -0.39 is 21.8 Å². The number of piperidine rings is 1. The van der Waals surface area contributed by atoms with Crippen molar-refractivity contribution in [2.24, 2.45) is 0 Å². The van der Waals surface area contributed by atoms with E-state index in [1.54, 1.807) is 6.07 Å². The average Bonchev–Trinajstić information content (AvgIpc) is 2.66. The Morgan fingerprint density at radius 3 is 2.70 bits per heavy atom. The average molecular weight is 391 g/mol. The summed E-state index contributed by atoms with van der Waals surface area (Å²) in [6.07, 6.45) is 2.67. The fourth-order valence-electron chi connectivity index (χ4n) is 3.21. The lowest BCUT2D eigenvalue weighted by atomic mass is 10.1. The summed E-state index contributed by atoms with van der Waals surface area (Å²) in [7, 11) is -3.66. The summed E-state index contributed by atoms with van der Waals surface area (Å²) in [5.74, 6) is -1.06. The number of hydrogen-bond acceptors (Lipinski definition) is 4. The maximum Gasteiger partial charge on any atom is 0.338 e. The number of ether oxygens (including phenoxy) is 1. The minimum absolute atomic E-state index is 0.0627. The maximum atomic E-state index is 13.2. The van der Waals surface area contributed by atoms with Crippen molar-refractivity contribution in [3.05, 3.63) is 65.5 Å². The first kappa shape index (κ1) is 19.5. The maximum absolute atomic E-state index is 13.2. The summed E-state index contributed by atoms with van der Waals surface area (Å²) < 4.78 is 45.7. The predicted molar refractivity (Wildman–Crippen MR) is 99.2 cm³/mol. The molecule has 1 atom stereocenters. The molecule has 7 heteroatoms. The van der Waals surface area contributed by atoms with Crippen LogP contribution in [0.5, 0.6) is 0 Å². The van der Waals surface area contributed by atoms with E-state index in [1.165, 1.54) is 46.8 Å². The molecule has 27 heavy (non-hydrogen) atoms. The molecule has 0 bridgehead atoms. The zero-order valence-electron chi connectivity index (χ0n) is 15.1. The highest BCUT2D eigenvalue weighted by Gasteiger charge is 2.31. The summed E-state index contributed by atoms with van der Waals surface area (Å²) in [5.41, 5.74) is 0.673. The van der Waals surface area contributed by atoms with Crippen molar-refractivity contribution < 1.29 is 22.3 Å². The molecule has 0 saturated carbocycles. The molecule has 2 aromatic rings. The Kier molecular flexibility index (Phi) is 5.92. The molecule has 0 aliphatic carbocycles. The van der Waals surface area contributed by atoms with E-state index in [9.17, 15) is 17.6 Å². The molecule has 0 N–H and O–H groups in total. The molecule has 1 heterocycles. The largest absolute Gasteiger partial charge is 0.457 e. The van der Waals surface area contributed by atoms with Gasteiger partial charge in [0.1, 0.15) is 12.4 Å². The number of sulfonamides is 1. The molecule has 5 nitrogen and oxygen atoms in total. The van der Waals surface area contributed by atoms with Crippen LogP contribution < -0.4 is 0 Å². The molecule has 0 spiro atoms. The number of hydrogen-bond donors (Lipinski definition) is 0. The number of carbonyl (C=O) groups excluding carboxylic acids is 1. The molecule has 1 saturated heterocycles. The van der Waals surface area contributed by atoms with E-state index in [0.29, 0.717) is 12.1 Å². The van der Waals surface area contributed by atoms with Gasteiger partial charge in [0.25, 0.3) is 0 Å². The van der Waals surface area contributed by atoms with Crippen LogP contribution in [0, 0.1) is 5.82 Å². The van der Waals surface area contributed by atoms with Crippen molar-refractivity contribution in [3.63, 3.8) is 0 Å². The van der Waals surface area contributed by atoms with Crippen molar-refractivity contribution in [1.29, 1.82) is 0 Å². The van der Waals surface area contributed by atoms with Gasteiger partial charge in [0.15, 0.2) is 0 Å². The standard InChI is InChI=1S/C20H22FNO4S/c1-15-6-2-3-11-22(15)27(24,25)19-10-5-8-17(13-19)20(23)26-14-16-7-4-9-18(21)12-16/h4-5,7-10,12-13,15H,2-3,6,11,14H2,1H3/t15-/m0/s1. The van der Waals surface area contributed by atoms with Gasteiger partial charge in [-0.15, -0.1) is 0 Å². The van der Waals surface area contributed by atoms with Gasteiger partial charge in [0.05, 0.1) is 10.5 Å². The quantitative estimate of drug-likeness (QED) is 0.729. The number of carbonyl (C=O) groups is 1. The molecular formula is C20H22FNO4S. The third-order valence-electron chi connectivity index (χ3n) is 4.68. The molecule has 1 aliphatic heterocycles. The van der Waals surface area contributed by atoms with Crippen LogP contribution in [-0.4, -0.2) is 31.3 Å². The van der Waals surface area contributed by atoms with Crippen LogP contribution in [0.15, 0.2) is 53.4 Å². The smallest absolute Gasteiger partial charge is 0.338 e. The summed E-state index contributed by atoms with van der Waals surface area (Å²) in [6.45, 7) is 2.29. The van der Waals surface area contributed by atoms with Crippen LogP contribution in [0.1, 0.15) is 42.1 Å². The van der Waals surface area contributed by atoms with Gasteiger partial charge in [0, 0.05) is 12.6 Å². The predicted octanol–water partition coefficient (Wildman–Crippen LogP) is 3.75. The Morgan fingerprint density at radius 1 is 1.19 bits per heavy atom. The van der Waals surface area contributed by atoms with Gasteiger partial charge in [-0.3, -0.25) is 0 Å². The Bertz CT molecular complexity index is 929. The van der Waals surface area contributed by atoms with E-state index in [-0.39, 0.29) is 23.1 Å². The topological polar surface area (TPSA) is 63.7 Å². The van der Waals surface area contributed by atoms with E-state index in [2.05, 4.69) is 0 Å². The zero-order chi connectivity index (χ0) is 19.4. The lowest BCUT2D eigenvalue weighted by Crippen LogP contribution is -2.41. The Balaban J connectivity index is 1.75. The Hall–Kier alpha value is -2.25. The van der Waals surface area contributed by atoms with Gasteiger partial charge in [-0.1, -0.05) is 24.6 Å². The highest BCUT2D eigenvalue weighted by atomic mass is 32.2. The van der Waals surface area contributed by atoms with E-state index in [0.717, 1.165) is 19.3 Å². The summed E-state index contributed by atoms with van der Waals surface area (Å²) >= 11 is 0. The summed E-state index contributed by atoms with van der Waals surface area (Å²) in [6, 6.07) is 11.6. The number of halogens is 1. The summed E-state index contributed by atoms with van der Waals surface area (Å²) in [5, 5.41) is 0. The Morgan fingerprint density at radius 2 is 1.96 bits per heavy atom. The lowest BCUT2D eigenvalue weighted by molar-refractivity contribution is 0.0472. The molecule has 0 aromatic heterocycles. The first-order chi connectivity index (χ1) is 12.9. The number of esters is 1. The van der Waals surface area contributed by atoms with Crippen molar-refractivity contribution in [3.8, 4) is 0 Å². The third-order valence-corrected chi connectivity index (χ3v) is 6.69. The second kappa shape index (κ2) is 8.19. The second-order valence-electron chi connectivity index (χ2n) is 6.69. The van der Waals surface area contributed by atoms with Gasteiger partial charge < -0.3 is 4.74 Å². The van der Waals surface area contributed by atoms with E-state index >= 15 is 0 Å². The second-order valence-corrected chi connectivity index (χ2v) is 8.58. The molecule has 1 aliphatic rings. The third kappa shape index (κ3) is 4.54. The van der Waals surface area contributed by atoms with Gasteiger partial charge in [0.2, 0.25) is 10.0 Å². The van der Waals surface area contributed by atoms with Gasteiger partial charge in [-0.05, 0) is 55.7 Å². The van der Waals surface area contributed by atoms with Gasteiger partial charge >= 0.3 is 5.97 Å². The minimum Gasteiger partial charge on any atom is -0.457 e. The van der Waals surface area contributed by atoms with Crippen LogP contribution in [0.3, 0.4) is 0 Å². The normalized spacial score (nSPS) is 18.2. The molecule has 0 amide bonds. The van der Waals surface area contributed by atoms with Crippen LogP contribution >= 0.6 is 0 Å². The highest BCUT2D eigenvalue weighted by Crippen LogP contribution is 2.25. The molecule has 2 aromatic carbocycles. The molecule has 1 fully saturated rings.